The fourth-order valence-corrected chi connectivity index (χ4v) is 2.58. The normalized spacial score (nSPS) is 12.3. The molecule has 0 amide bonds. The minimum atomic E-state index is -0.843. The summed E-state index contributed by atoms with van der Waals surface area (Å²) in [6.45, 7) is 4.15. The van der Waals surface area contributed by atoms with Gasteiger partial charge in [-0.1, -0.05) is 36.0 Å². The maximum atomic E-state index is 10.9. The fraction of sp³-hybridized carbons (Fsp3) is 0.286. The van der Waals surface area contributed by atoms with E-state index in [4.69, 9.17) is 9.84 Å². The van der Waals surface area contributed by atoms with Crippen molar-refractivity contribution in [1.29, 1.82) is 0 Å². The van der Waals surface area contributed by atoms with Crippen molar-refractivity contribution in [3.8, 4) is 5.75 Å². The molecule has 1 heterocycles. The van der Waals surface area contributed by atoms with Gasteiger partial charge in [-0.3, -0.25) is 4.79 Å². The highest BCUT2D eigenvalue weighted by atomic mass is 32.2. The molecule has 0 aliphatic rings. The molecular weight excluding hydrogens is 262 g/mol. The average Bonchev–Trinajstić information content (AvgIpc) is 2.41. The van der Waals surface area contributed by atoms with Gasteiger partial charge in [0.1, 0.15) is 16.0 Å². The molecule has 0 fully saturated rings. The van der Waals surface area contributed by atoms with E-state index in [1.807, 2.05) is 31.2 Å². The number of rotatable bonds is 5. The van der Waals surface area contributed by atoms with Crippen LogP contribution in [0.5, 0.6) is 5.75 Å². The summed E-state index contributed by atoms with van der Waals surface area (Å²) < 4.78 is 5.54. The van der Waals surface area contributed by atoms with E-state index in [1.165, 1.54) is 11.8 Å². The number of carboxylic acids is 1. The lowest BCUT2D eigenvalue weighted by Gasteiger charge is -2.11. The predicted octanol–water partition coefficient (Wildman–Crippen LogP) is 3.20. The van der Waals surface area contributed by atoms with Crippen molar-refractivity contribution >= 4 is 28.5 Å². The van der Waals surface area contributed by atoms with Gasteiger partial charge in [0.05, 0.1) is 12.8 Å². The number of ether oxygens (including phenoxy) is 1. The monoisotopic (exact) mass is 277 g/mol. The zero-order chi connectivity index (χ0) is 13.8. The van der Waals surface area contributed by atoms with E-state index in [2.05, 4.69) is 4.98 Å². The summed E-state index contributed by atoms with van der Waals surface area (Å²) in [5, 5.41) is 11.0. The number of hydrogen-bond acceptors (Lipinski definition) is 4. The Bertz CT molecular complexity index is 600. The highest BCUT2D eigenvalue weighted by Gasteiger charge is 2.16. The number of thioether (sulfide) groups is 1. The number of nitrogens with zero attached hydrogens (tertiary/aromatic N) is 1. The summed E-state index contributed by atoms with van der Waals surface area (Å²) in [6, 6.07) is 7.73. The van der Waals surface area contributed by atoms with Crippen molar-refractivity contribution in [2.45, 2.75) is 24.1 Å². The molecule has 1 atom stereocenters. The summed E-state index contributed by atoms with van der Waals surface area (Å²) in [7, 11) is 0. The maximum Gasteiger partial charge on any atom is 0.316 e. The second-order valence-electron chi connectivity index (χ2n) is 4.00. The molecule has 0 aliphatic carbocycles. The molecule has 2 aromatic rings. The number of aromatic nitrogens is 1. The molecule has 1 N–H and O–H groups in total. The molecule has 19 heavy (non-hydrogen) atoms. The van der Waals surface area contributed by atoms with Crippen LogP contribution in [-0.4, -0.2) is 27.9 Å². The van der Waals surface area contributed by atoms with Crippen LogP contribution in [0.4, 0.5) is 0 Å². The Morgan fingerprint density at radius 1 is 1.42 bits per heavy atom. The number of benzene rings is 1. The van der Waals surface area contributed by atoms with E-state index in [0.717, 1.165) is 16.5 Å². The molecule has 0 radical (unpaired) electrons. The van der Waals surface area contributed by atoms with E-state index in [-0.39, 0.29) is 0 Å². The Labute approximate surface area is 115 Å². The maximum absolute atomic E-state index is 10.9. The molecule has 0 spiro atoms. The first-order valence-corrected chi connectivity index (χ1v) is 6.91. The number of carboxylic acid groups (broad SMARTS) is 1. The van der Waals surface area contributed by atoms with E-state index in [0.29, 0.717) is 11.6 Å². The Kier molecular flexibility index (Phi) is 4.27. The third kappa shape index (κ3) is 2.98. The summed E-state index contributed by atoms with van der Waals surface area (Å²) in [6.07, 6.45) is 1.66. The molecule has 1 aromatic carbocycles. The second kappa shape index (κ2) is 5.93. The summed E-state index contributed by atoms with van der Waals surface area (Å²) in [5.74, 6) is -0.116. The number of fused-ring (bicyclic) bond motifs is 1. The van der Waals surface area contributed by atoms with Gasteiger partial charge in [-0.05, 0) is 13.8 Å². The molecule has 100 valence electrons. The van der Waals surface area contributed by atoms with Crippen molar-refractivity contribution in [1.82, 2.24) is 4.98 Å². The quantitative estimate of drug-likeness (QED) is 0.850. The van der Waals surface area contributed by atoms with E-state index in [1.54, 1.807) is 13.1 Å². The van der Waals surface area contributed by atoms with Gasteiger partial charge in [0.25, 0.3) is 0 Å². The molecular formula is C14H15NO3S. The van der Waals surface area contributed by atoms with Crippen LogP contribution in [0.3, 0.4) is 0 Å². The summed E-state index contributed by atoms with van der Waals surface area (Å²) in [4.78, 5) is 15.3. The molecule has 0 bridgehead atoms. The number of hydrogen-bond donors (Lipinski definition) is 1. The van der Waals surface area contributed by atoms with E-state index < -0.39 is 11.2 Å². The largest absolute Gasteiger partial charge is 0.492 e. The first kappa shape index (κ1) is 13.7. The van der Waals surface area contributed by atoms with E-state index in [9.17, 15) is 4.79 Å². The SMILES string of the molecule is CCOc1cnc(S[C@@H](C)C(=O)O)c2ccccc12. The third-order valence-corrected chi connectivity index (χ3v) is 3.76. The van der Waals surface area contributed by atoms with Crippen molar-refractivity contribution in [3.63, 3.8) is 0 Å². The van der Waals surface area contributed by atoms with Crippen LogP contribution in [-0.2, 0) is 4.79 Å². The Hall–Kier alpha value is -1.75. The molecule has 0 saturated heterocycles. The van der Waals surface area contributed by atoms with Gasteiger partial charge >= 0.3 is 5.97 Å². The fourth-order valence-electron chi connectivity index (χ4n) is 1.72. The smallest absolute Gasteiger partial charge is 0.316 e. The summed E-state index contributed by atoms with van der Waals surface area (Å²) in [5.41, 5.74) is 0. The van der Waals surface area contributed by atoms with Crippen molar-refractivity contribution in [3.05, 3.63) is 30.5 Å². The van der Waals surface area contributed by atoms with Crippen LogP contribution < -0.4 is 4.74 Å². The average molecular weight is 277 g/mol. The summed E-state index contributed by atoms with van der Waals surface area (Å²) >= 11 is 1.24. The van der Waals surface area contributed by atoms with Crippen LogP contribution in [0.25, 0.3) is 10.8 Å². The highest BCUT2D eigenvalue weighted by Crippen LogP contribution is 2.33. The van der Waals surface area contributed by atoms with Crippen LogP contribution in [0.1, 0.15) is 13.8 Å². The number of carbonyl (C=O) groups is 1. The van der Waals surface area contributed by atoms with Gasteiger partial charge in [-0.2, -0.15) is 0 Å². The Balaban J connectivity index is 2.46. The number of aliphatic carboxylic acids is 1. The Morgan fingerprint density at radius 3 is 2.74 bits per heavy atom. The van der Waals surface area contributed by atoms with Crippen LogP contribution in [0.2, 0.25) is 0 Å². The third-order valence-electron chi connectivity index (χ3n) is 2.66. The minimum absolute atomic E-state index is 0.533. The lowest BCUT2D eigenvalue weighted by molar-refractivity contribution is -0.136. The van der Waals surface area contributed by atoms with E-state index >= 15 is 0 Å². The van der Waals surface area contributed by atoms with Crippen LogP contribution in [0.15, 0.2) is 35.5 Å². The van der Waals surface area contributed by atoms with Gasteiger partial charge in [0.15, 0.2) is 0 Å². The van der Waals surface area contributed by atoms with Gasteiger partial charge in [0.2, 0.25) is 0 Å². The molecule has 4 nitrogen and oxygen atoms in total. The molecule has 1 aromatic heterocycles. The van der Waals surface area contributed by atoms with Crippen LogP contribution in [0, 0.1) is 0 Å². The lowest BCUT2D eigenvalue weighted by atomic mass is 10.2. The van der Waals surface area contributed by atoms with Crippen LogP contribution >= 0.6 is 11.8 Å². The zero-order valence-corrected chi connectivity index (χ0v) is 11.6. The molecule has 0 aliphatic heterocycles. The Morgan fingerprint density at radius 2 is 2.11 bits per heavy atom. The van der Waals surface area contributed by atoms with Crippen molar-refractivity contribution < 1.29 is 14.6 Å². The predicted molar refractivity (Wildman–Crippen MR) is 75.9 cm³/mol. The first-order valence-electron chi connectivity index (χ1n) is 6.03. The van der Waals surface area contributed by atoms with Gasteiger partial charge < -0.3 is 9.84 Å². The van der Waals surface area contributed by atoms with Gasteiger partial charge in [-0.15, -0.1) is 0 Å². The second-order valence-corrected chi connectivity index (χ2v) is 5.33. The molecule has 2 rings (SSSR count). The van der Waals surface area contributed by atoms with Gasteiger partial charge in [0, 0.05) is 10.8 Å². The lowest BCUT2D eigenvalue weighted by Crippen LogP contribution is -2.11. The van der Waals surface area contributed by atoms with Gasteiger partial charge in [-0.25, -0.2) is 4.98 Å². The zero-order valence-electron chi connectivity index (χ0n) is 10.8. The molecule has 5 heteroatoms. The minimum Gasteiger partial charge on any atom is -0.492 e. The van der Waals surface area contributed by atoms with Crippen molar-refractivity contribution in [2.75, 3.05) is 6.61 Å². The number of pyridine rings is 1. The highest BCUT2D eigenvalue weighted by molar-refractivity contribution is 8.00. The standard InChI is InChI=1S/C14H15NO3S/c1-3-18-12-8-15-13(19-9(2)14(16)17)11-7-5-4-6-10(11)12/h4-9H,3H2,1-2H3,(H,16,17)/t9-/m0/s1. The molecule has 0 saturated carbocycles. The van der Waals surface area contributed by atoms with Crippen molar-refractivity contribution in [2.24, 2.45) is 0 Å². The topological polar surface area (TPSA) is 59.4 Å². The first-order chi connectivity index (χ1) is 9.13. The molecule has 0 unspecified atom stereocenters.